The molecule has 2 N–H and O–H groups in total. The van der Waals surface area contributed by atoms with Crippen LogP contribution in [-0.4, -0.2) is 37.2 Å². The molecule has 2 amide bonds. The van der Waals surface area contributed by atoms with E-state index < -0.39 is 0 Å². The van der Waals surface area contributed by atoms with Crippen molar-refractivity contribution in [2.45, 2.75) is 51.0 Å². The summed E-state index contributed by atoms with van der Waals surface area (Å²) in [5, 5.41) is 5.81. The van der Waals surface area contributed by atoms with Crippen LogP contribution >= 0.6 is 0 Å². The molecular formula is C18H24N2O4. The lowest BCUT2D eigenvalue weighted by molar-refractivity contribution is -0.130. The molecule has 0 aromatic heterocycles. The van der Waals surface area contributed by atoms with Gasteiger partial charge in [-0.2, -0.15) is 0 Å². The Morgan fingerprint density at radius 1 is 0.917 bits per heavy atom. The highest BCUT2D eigenvalue weighted by atomic mass is 16.5. The Balaban J connectivity index is 1.46. The Kier molecular flexibility index (Phi) is 5.82. The summed E-state index contributed by atoms with van der Waals surface area (Å²) in [5.74, 6) is -0.103. The molecule has 0 bridgehead atoms. The first-order valence-electron chi connectivity index (χ1n) is 8.59. The van der Waals surface area contributed by atoms with Gasteiger partial charge in [0.1, 0.15) is 12.2 Å². The number of amides is 2. The topological polar surface area (TPSA) is 76.7 Å². The minimum Gasteiger partial charge on any atom is -0.368 e. The normalized spacial score (nSPS) is 23.2. The van der Waals surface area contributed by atoms with Crippen molar-refractivity contribution in [3.05, 3.63) is 35.4 Å². The Morgan fingerprint density at radius 2 is 1.42 bits per heavy atom. The van der Waals surface area contributed by atoms with Gasteiger partial charge < -0.3 is 20.1 Å². The molecule has 6 heteroatoms. The standard InChI is InChI=1S/C18H24N2O4/c21-17(15-6-2-8-23-15)19-11-13-4-1-5-14(10-13)12-20-18(22)16-7-3-9-24-16/h1,4-5,10,15-16H,2-3,6-9,11-12H2,(H,19,21)(H,20,22). The van der Waals surface area contributed by atoms with Crippen molar-refractivity contribution in [2.75, 3.05) is 13.2 Å². The van der Waals surface area contributed by atoms with Crippen LogP contribution in [0.2, 0.25) is 0 Å². The second-order valence-electron chi connectivity index (χ2n) is 6.26. The van der Waals surface area contributed by atoms with Crippen molar-refractivity contribution < 1.29 is 19.1 Å². The van der Waals surface area contributed by atoms with Crippen LogP contribution in [0.5, 0.6) is 0 Å². The highest BCUT2D eigenvalue weighted by Gasteiger charge is 2.24. The number of carbonyl (C=O) groups is 2. The molecule has 130 valence electrons. The van der Waals surface area contributed by atoms with E-state index in [2.05, 4.69) is 10.6 Å². The van der Waals surface area contributed by atoms with Gasteiger partial charge in [0.2, 0.25) is 11.8 Å². The monoisotopic (exact) mass is 332 g/mol. The fraction of sp³-hybridized carbons (Fsp3) is 0.556. The summed E-state index contributed by atoms with van der Waals surface area (Å²) in [6.45, 7) is 2.26. The third-order valence-corrected chi connectivity index (χ3v) is 4.37. The fourth-order valence-electron chi connectivity index (χ4n) is 3.02. The summed E-state index contributed by atoms with van der Waals surface area (Å²) in [6, 6.07) is 7.84. The average Bonchev–Trinajstić information content (AvgIpc) is 3.31. The zero-order valence-electron chi connectivity index (χ0n) is 13.8. The van der Waals surface area contributed by atoms with E-state index in [0.717, 1.165) is 36.8 Å². The molecule has 2 fully saturated rings. The summed E-state index contributed by atoms with van der Waals surface area (Å²) in [6.07, 6.45) is 2.86. The van der Waals surface area contributed by atoms with E-state index in [1.165, 1.54) is 0 Å². The van der Waals surface area contributed by atoms with Gasteiger partial charge in [-0.15, -0.1) is 0 Å². The van der Waals surface area contributed by atoms with Crippen molar-refractivity contribution in [1.82, 2.24) is 10.6 Å². The van der Waals surface area contributed by atoms with E-state index >= 15 is 0 Å². The van der Waals surface area contributed by atoms with E-state index in [9.17, 15) is 9.59 Å². The predicted octanol–water partition coefficient (Wildman–Crippen LogP) is 1.28. The molecule has 1 aromatic rings. The Hall–Kier alpha value is -1.92. The molecule has 24 heavy (non-hydrogen) atoms. The molecule has 0 radical (unpaired) electrons. The van der Waals surface area contributed by atoms with E-state index in [-0.39, 0.29) is 24.0 Å². The minimum atomic E-state index is -0.307. The lowest BCUT2D eigenvalue weighted by atomic mass is 10.1. The van der Waals surface area contributed by atoms with Gasteiger partial charge in [-0.25, -0.2) is 0 Å². The van der Waals surface area contributed by atoms with Gasteiger partial charge in [0.25, 0.3) is 0 Å². The van der Waals surface area contributed by atoms with Gasteiger partial charge in [-0.1, -0.05) is 24.3 Å². The van der Waals surface area contributed by atoms with Gasteiger partial charge in [0.15, 0.2) is 0 Å². The number of hydrogen-bond acceptors (Lipinski definition) is 4. The summed E-state index contributed by atoms with van der Waals surface area (Å²) < 4.78 is 10.7. The summed E-state index contributed by atoms with van der Waals surface area (Å²) in [7, 11) is 0. The Labute approximate surface area is 141 Å². The number of rotatable bonds is 6. The molecule has 0 saturated carbocycles. The molecular weight excluding hydrogens is 308 g/mol. The molecule has 0 spiro atoms. The number of carbonyl (C=O) groups excluding carboxylic acids is 2. The van der Waals surface area contributed by atoms with Crippen LogP contribution in [0.4, 0.5) is 0 Å². The van der Waals surface area contributed by atoms with Crippen LogP contribution in [0.3, 0.4) is 0 Å². The third kappa shape index (κ3) is 4.55. The van der Waals surface area contributed by atoms with Gasteiger partial charge in [-0.05, 0) is 36.8 Å². The minimum absolute atomic E-state index is 0.0513. The molecule has 2 heterocycles. The van der Waals surface area contributed by atoms with Gasteiger partial charge in [0.05, 0.1) is 0 Å². The maximum atomic E-state index is 12.0. The number of ether oxygens (including phenoxy) is 2. The maximum absolute atomic E-state index is 12.0. The number of nitrogens with one attached hydrogen (secondary N) is 2. The average molecular weight is 332 g/mol. The van der Waals surface area contributed by atoms with Crippen molar-refractivity contribution >= 4 is 11.8 Å². The van der Waals surface area contributed by atoms with Crippen LogP contribution in [0.15, 0.2) is 24.3 Å². The van der Waals surface area contributed by atoms with Crippen LogP contribution in [0.25, 0.3) is 0 Å². The first-order chi connectivity index (χ1) is 11.7. The number of hydrogen-bond donors (Lipinski definition) is 2. The summed E-state index contributed by atoms with van der Waals surface area (Å²) >= 11 is 0. The molecule has 0 aliphatic carbocycles. The lowest BCUT2D eigenvalue weighted by Gasteiger charge is -2.12. The van der Waals surface area contributed by atoms with E-state index in [1.807, 2.05) is 24.3 Å². The first kappa shape index (κ1) is 16.9. The third-order valence-electron chi connectivity index (χ3n) is 4.37. The highest BCUT2D eigenvalue weighted by molar-refractivity contribution is 5.81. The van der Waals surface area contributed by atoms with E-state index in [0.29, 0.717) is 26.3 Å². The number of benzene rings is 1. The van der Waals surface area contributed by atoms with Crippen molar-refractivity contribution in [3.8, 4) is 0 Å². The van der Waals surface area contributed by atoms with Crippen molar-refractivity contribution in [2.24, 2.45) is 0 Å². The van der Waals surface area contributed by atoms with E-state index in [1.54, 1.807) is 0 Å². The lowest BCUT2D eigenvalue weighted by Crippen LogP contribution is -2.34. The smallest absolute Gasteiger partial charge is 0.249 e. The second kappa shape index (κ2) is 8.26. The van der Waals surface area contributed by atoms with Gasteiger partial charge >= 0.3 is 0 Å². The second-order valence-corrected chi connectivity index (χ2v) is 6.26. The molecule has 2 atom stereocenters. The molecule has 2 aliphatic heterocycles. The van der Waals surface area contributed by atoms with E-state index in [4.69, 9.17) is 9.47 Å². The Morgan fingerprint density at radius 3 is 1.83 bits per heavy atom. The first-order valence-corrected chi connectivity index (χ1v) is 8.59. The quantitative estimate of drug-likeness (QED) is 0.823. The fourth-order valence-corrected chi connectivity index (χ4v) is 3.02. The molecule has 3 rings (SSSR count). The SMILES string of the molecule is O=C(NCc1cccc(CNC(=O)C2CCCO2)c1)C1CCCO1. The molecule has 1 aromatic carbocycles. The predicted molar refractivity (Wildman–Crippen MR) is 88.1 cm³/mol. The summed E-state index contributed by atoms with van der Waals surface area (Å²) in [4.78, 5) is 23.9. The molecule has 2 unspecified atom stereocenters. The van der Waals surface area contributed by atoms with Crippen molar-refractivity contribution in [3.63, 3.8) is 0 Å². The largest absolute Gasteiger partial charge is 0.368 e. The van der Waals surface area contributed by atoms with Crippen LogP contribution < -0.4 is 10.6 Å². The van der Waals surface area contributed by atoms with Crippen LogP contribution in [0.1, 0.15) is 36.8 Å². The highest BCUT2D eigenvalue weighted by Crippen LogP contribution is 2.13. The molecule has 2 saturated heterocycles. The van der Waals surface area contributed by atoms with Crippen LogP contribution in [0, 0.1) is 0 Å². The zero-order valence-corrected chi connectivity index (χ0v) is 13.8. The van der Waals surface area contributed by atoms with Gasteiger partial charge in [-0.3, -0.25) is 9.59 Å². The van der Waals surface area contributed by atoms with Crippen LogP contribution in [-0.2, 0) is 32.2 Å². The maximum Gasteiger partial charge on any atom is 0.249 e. The van der Waals surface area contributed by atoms with Crippen molar-refractivity contribution in [1.29, 1.82) is 0 Å². The Bertz CT molecular complexity index is 531. The molecule has 2 aliphatic rings. The van der Waals surface area contributed by atoms with Gasteiger partial charge in [0, 0.05) is 26.3 Å². The molecule has 6 nitrogen and oxygen atoms in total. The zero-order chi connectivity index (χ0) is 16.8. The summed E-state index contributed by atoms with van der Waals surface area (Å²) in [5.41, 5.74) is 2.01.